The summed E-state index contributed by atoms with van der Waals surface area (Å²) >= 11 is 2.60. The summed E-state index contributed by atoms with van der Waals surface area (Å²) < 4.78 is 0.680. The third kappa shape index (κ3) is 3.66. The van der Waals surface area contributed by atoms with Crippen LogP contribution in [0.2, 0.25) is 0 Å². The summed E-state index contributed by atoms with van der Waals surface area (Å²) in [5.74, 6) is -0.382. The Morgan fingerprint density at radius 1 is 1.45 bits per heavy atom. The SMILES string of the molecule is CSCC[C@H](N=Cc1c(O)sc2ccccc2c1=O)C(=O)O. The van der Waals surface area contributed by atoms with Gasteiger partial charge in [0.1, 0.15) is 6.04 Å². The molecule has 116 valence electrons. The van der Waals surface area contributed by atoms with E-state index in [-0.39, 0.29) is 16.1 Å². The third-order valence-corrected chi connectivity index (χ3v) is 4.71. The quantitative estimate of drug-likeness (QED) is 0.791. The Kier molecular flexibility index (Phi) is 5.57. The first kappa shape index (κ1) is 16.5. The number of hydrogen-bond donors (Lipinski definition) is 2. The molecule has 0 bridgehead atoms. The van der Waals surface area contributed by atoms with Gasteiger partial charge in [-0.15, -0.1) is 0 Å². The normalized spacial score (nSPS) is 12.8. The predicted molar refractivity (Wildman–Crippen MR) is 91.8 cm³/mol. The van der Waals surface area contributed by atoms with Gasteiger partial charge in [0.15, 0.2) is 5.06 Å². The highest BCUT2D eigenvalue weighted by atomic mass is 32.2. The Bertz CT molecular complexity index is 770. The number of carboxylic acids is 1. The molecule has 0 aliphatic carbocycles. The molecule has 1 atom stereocenters. The van der Waals surface area contributed by atoms with Crippen LogP contribution in [-0.2, 0) is 4.79 Å². The number of hydrogen-bond acceptors (Lipinski definition) is 6. The summed E-state index contributed by atoms with van der Waals surface area (Å²) in [6, 6.07) is 6.04. The Labute approximate surface area is 135 Å². The van der Waals surface area contributed by atoms with Crippen LogP contribution in [-0.4, -0.2) is 40.4 Å². The molecule has 1 aromatic heterocycles. The second-order valence-corrected chi connectivity index (χ2v) is 6.58. The number of rotatable bonds is 6. The van der Waals surface area contributed by atoms with Crippen molar-refractivity contribution in [1.82, 2.24) is 0 Å². The van der Waals surface area contributed by atoms with Crippen LogP contribution in [0.25, 0.3) is 10.1 Å². The van der Waals surface area contributed by atoms with Crippen LogP contribution in [0.1, 0.15) is 12.0 Å². The van der Waals surface area contributed by atoms with Crippen molar-refractivity contribution in [3.8, 4) is 5.06 Å². The van der Waals surface area contributed by atoms with Gasteiger partial charge in [0, 0.05) is 16.3 Å². The fourth-order valence-corrected chi connectivity index (χ4v) is 3.25. The Morgan fingerprint density at radius 3 is 2.86 bits per heavy atom. The van der Waals surface area contributed by atoms with Crippen molar-refractivity contribution in [2.75, 3.05) is 12.0 Å². The average Bonchev–Trinajstić information content (AvgIpc) is 2.49. The summed E-state index contributed by atoms with van der Waals surface area (Å²) in [6.45, 7) is 0. The summed E-state index contributed by atoms with van der Waals surface area (Å²) in [5.41, 5.74) is -0.302. The fraction of sp³-hybridized carbons (Fsp3) is 0.267. The minimum Gasteiger partial charge on any atom is -0.499 e. The van der Waals surface area contributed by atoms with E-state index in [4.69, 9.17) is 5.11 Å². The van der Waals surface area contributed by atoms with E-state index in [0.717, 1.165) is 11.3 Å². The first-order valence-corrected chi connectivity index (χ1v) is 8.75. The van der Waals surface area contributed by atoms with Gasteiger partial charge in [-0.25, -0.2) is 4.79 Å². The number of aromatic hydroxyl groups is 1. The Balaban J connectivity index is 2.40. The van der Waals surface area contributed by atoms with E-state index >= 15 is 0 Å². The summed E-state index contributed by atoms with van der Waals surface area (Å²) in [6.07, 6.45) is 3.44. The smallest absolute Gasteiger partial charge is 0.328 e. The molecule has 1 aromatic carbocycles. The second kappa shape index (κ2) is 7.42. The van der Waals surface area contributed by atoms with Crippen LogP contribution in [0.4, 0.5) is 0 Å². The number of nitrogens with zero attached hydrogens (tertiary/aromatic N) is 1. The molecule has 0 spiro atoms. The topological polar surface area (TPSA) is 87.0 Å². The molecule has 7 heteroatoms. The molecule has 22 heavy (non-hydrogen) atoms. The fourth-order valence-electron chi connectivity index (χ4n) is 1.91. The van der Waals surface area contributed by atoms with Gasteiger partial charge in [0.25, 0.3) is 0 Å². The predicted octanol–water partition coefficient (Wildman–Crippen LogP) is 2.59. The molecule has 2 aromatic rings. The molecule has 0 fully saturated rings. The van der Waals surface area contributed by atoms with Crippen LogP contribution in [0.5, 0.6) is 5.06 Å². The number of aliphatic carboxylic acids is 1. The molecule has 1 heterocycles. The molecule has 2 rings (SSSR count). The maximum atomic E-state index is 12.3. The van der Waals surface area contributed by atoms with Crippen LogP contribution < -0.4 is 5.43 Å². The zero-order valence-electron chi connectivity index (χ0n) is 11.9. The average molecular weight is 337 g/mol. The van der Waals surface area contributed by atoms with Gasteiger partial charge in [-0.05, 0) is 30.6 Å². The Morgan fingerprint density at radius 2 is 2.18 bits per heavy atom. The zero-order valence-corrected chi connectivity index (χ0v) is 13.5. The first-order chi connectivity index (χ1) is 10.5. The van der Waals surface area contributed by atoms with Gasteiger partial charge in [0.05, 0.1) is 5.56 Å². The molecule has 0 saturated heterocycles. The monoisotopic (exact) mass is 337 g/mol. The number of thioether (sulfide) groups is 1. The van der Waals surface area contributed by atoms with E-state index in [1.165, 1.54) is 18.0 Å². The van der Waals surface area contributed by atoms with Gasteiger partial charge in [0.2, 0.25) is 5.43 Å². The number of aliphatic imine (C=N–C) groups is 1. The van der Waals surface area contributed by atoms with E-state index in [1.807, 2.05) is 6.26 Å². The van der Waals surface area contributed by atoms with Crippen molar-refractivity contribution < 1.29 is 15.0 Å². The summed E-state index contributed by atoms with van der Waals surface area (Å²) in [7, 11) is 0. The zero-order chi connectivity index (χ0) is 16.1. The highest BCUT2D eigenvalue weighted by Gasteiger charge is 2.16. The van der Waals surface area contributed by atoms with E-state index in [2.05, 4.69) is 4.99 Å². The van der Waals surface area contributed by atoms with Gasteiger partial charge < -0.3 is 10.2 Å². The van der Waals surface area contributed by atoms with Crippen molar-refractivity contribution in [2.45, 2.75) is 12.5 Å². The van der Waals surface area contributed by atoms with Crippen molar-refractivity contribution in [3.05, 3.63) is 40.1 Å². The maximum Gasteiger partial charge on any atom is 0.328 e. The first-order valence-electron chi connectivity index (χ1n) is 6.54. The van der Waals surface area contributed by atoms with Crippen LogP contribution in [0.15, 0.2) is 34.1 Å². The van der Waals surface area contributed by atoms with Gasteiger partial charge in [-0.2, -0.15) is 11.8 Å². The molecule has 0 aliphatic heterocycles. The molecule has 0 unspecified atom stereocenters. The van der Waals surface area contributed by atoms with Crippen LogP contribution >= 0.6 is 23.1 Å². The highest BCUT2D eigenvalue weighted by Crippen LogP contribution is 2.26. The third-order valence-electron chi connectivity index (χ3n) is 3.08. The van der Waals surface area contributed by atoms with Crippen molar-refractivity contribution in [3.63, 3.8) is 0 Å². The number of carbonyl (C=O) groups is 1. The summed E-state index contributed by atoms with van der Waals surface area (Å²) in [5, 5.41) is 19.5. The van der Waals surface area contributed by atoms with Gasteiger partial charge in [-0.1, -0.05) is 23.5 Å². The van der Waals surface area contributed by atoms with Crippen molar-refractivity contribution in [2.24, 2.45) is 4.99 Å². The largest absolute Gasteiger partial charge is 0.499 e. The van der Waals surface area contributed by atoms with Gasteiger partial charge in [-0.3, -0.25) is 9.79 Å². The molecule has 0 aliphatic rings. The second-order valence-electron chi connectivity index (χ2n) is 4.56. The highest BCUT2D eigenvalue weighted by molar-refractivity contribution is 7.98. The molecular weight excluding hydrogens is 322 g/mol. The molecule has 2 N–H and O–H groups in total. The molecule has 5 nitrogen and oxygen atoms in total. The molecule has 0 amide bonds. The lowest BCUT2D eigenvalue weighted by Gasteiger charge is -2.06. The lowest BCUT2D eigenvalue weighted by molar-refractivity contribution is -0.138. The Hall–Kier alpha value is -1.86. The molecule has 0 radical (unpaired) electrons. The minimum atomic E-state index is -1.04. The lowest BCUT2D eigenvalue weighted by Crippen LogP contribution is -2.19. The van der Waals surface area contributed by atoms with E-state index in [0.29, 0.717) is 22.3 Å². The van der Waals surface area contributed by atoms with E-state index < -0.39 is 12.0 Å². The van der Waals surface area contributed by atoms with Crippen molar-refractivity contribution >= 4 is 45.4 Å². The summed E-state index contributed by atoms with van der Waals surface area (Å²) in [4.78, 5) is 27.5. The number of fused-ring (bicyclic) bond motifs is 1. The lowest BCUT2D eigenvalue weighted by atomic mass is 10.2. The van der Waals surface area contributed by atoms with Crippen LogP contribution in [0, 0.1) is 0 Å². The number of carboxylic acid groups (broad SMARTS) is 1. The van der Waals surface area contributed by atoms with Gasteiger partial charge >= 0.3 is 5.97 Å². The maximum absolute atomic E-state index is 12.3. The van der Waals surface area contributed by atoms with Crippen LogP contribution in [0.3, 0.4) is 0 Å². The molecular formula is C15H15NO4S2. The minimum absolute atomic E-state index is 0.0408. The number of benzene rings is 1. The molecule has 0 saturated carbocycles. The van der Waals surface area contributed by atoms with E-state index in [1.54, 1.807) is 24.3 Å². The van der Waals surface area contributed by atoms with E-state index in [9.17, 15) is 14.7 Å². The van der Waals surface area contributed by atoms with Crippen molar-refractivity contribution in [1.29, 1.82) is 0 Å². The standard InChI is InChI=1S/C15H15NO4S2/c1-21-7-6-11(14(18)19)16-8-10-13(17)9-4-2-3-5-12(9)22-15(10)20/h2-5,8,11,20H,6-7H2,1H3,(H,18,19)/t11-/m0/s1.